The number of fused-ring (bicyclic) bond motifs is 1. The molecule has 1 aliphatic rings. The van der Waals surface area contributed by atoms with E-state index in [1.807, 2.05) is 43.9 Å². The van der Waals surface area contributed by atoms with E-state index in [2.05, 4.69) is 24.6 Å². The Labute approximate surface area is 288 Å². The molecule has 1 amide bonds. The number of aliphatic hydroxyl groups is 1. The van der Waals surface area contributed by atoms with Crippen LogP contribution < -0.4 is 4.90 Å². The molecule has 5 rings (SSSR count). The quantitative estimate of drug-likeness (QED) is 0.127. The standard InChI is InChI=1S/C36H48FN5O6Si/c1-36(2,3)48-35(45)41-14-12-40(13-15-41)30-11-10-25(20-32(30)44)34-27-21-29(33-26(23-46-17-16-43)8-7-9-28(33)37)38-22-31(27)42(39-34)24-47-18-19-49(4,5)6/h7-11,20-22,43-44H,12-19,23-24H2,1-6H3. The molecular weight excluding hydrogens is 646 g/mol. The molecular formula is C36H48FN5O6Si. The Morgan fingerprint density at radius 3 is 2.45 bits per heavy atom. The zero-order valence-corrected chi connectivity index (χ0v) is 30.3. The second kappa shape index (κ2) is 15.2. The predicted molar refractivity (Wildman–Crippen MR) is 191 cm³/mol. The lowest BCUT2D eigenvalue weighted by atomic mass is 10.0. The van der Waals surface area contributed by atoms with Crippen LogP contribution in [-0.4, -0.2) is 95.6 Å². The van der Waals surface area contributed by atoms with Gasteiger partial charge in [-0.2, -0.15) is 5.10 Å². The molecule has 264 valence electrons. The van der Waals surface area contributed by atoms with E-state index in [4.69, 9.17) is 24.4 Å². The van der Waals surface area contributed by atoms with Gasteiger partial charge < -0.3 is 34.2 Å². The van der Waals surface area contributed by atoms with Gasteiger partial charge in [-0.15, -0.1) is 0 Å². The van der Waals surface area contributed by atoms with Crippen LogP contribution in [0.1, 0.15) is 26.3 Å². The van der Waals surface area contributed by atoms with Gasteiger partial charge in [0.1, 0.15) is 29.6 Å². The van der Waals surface area contributed by atoms with E-state index in [1.54, 1.807) is 34.0 Å². The lowest BCUT2D eigenvalue weighted by Crippen LogP contribution is -2.50. The van der Waals surface area contributed by atoms with Crippen LogP contribution in [0, 0.1) is 5.82 Å². The third kappa shape index (κ3) is 9.15. The van der Waals surface area contributed by atoms with Crippen LogP contribution in [-0.2, 0) is 27.5 Å². The summed E-state index contributed by atoms with van der Waals surface area (Å²) in [4.78, 5) is 20.9. The summed E-state index contributed by atoms with van der Waals surface area (Å²) in [5.41, 5.74) is 3.42. The number of pyridine rings is 1. The van der Waals surface area contributed by atoms with Crippen LogP contribution in [0.15, 0.2) is 48.7 Å². The molecule has 2 aromatic carbocycles. The molecule has 0 unspecified atom stereocenters. The van der Waals surface area contributed by atoms with Gasteiger partial charge in [0.25, 0.3) is 0 Å². The number of carbonyl (C=O) groups excluding carboxylic acids is 1. The van der Waals surface area contributed by atoms with Crippen molar-refractivity contribution < 1.29 is 33.6 Å². The fraction of sp³-hybridized carbons (Fsp3) is 0.472. The molecule has 11 nitrogen and oxygen atoms in total. The van der Waals surface area contributed by atoms with Crippen LogP contribution in [0.25, 0.3) is 33.4 Å². The van der Waals surface area contributed by atoms with Gasteiger partial charge in [0.15, 0.2) is 0 Å². The molecule has 0 spiro atoms. The third-order valence-electron chi connectivity index (χ3n) is 8.22. The van der Waals surface area contributed by atoms with E-state index in [1.165, 1.54) is 6.07 Å². The summed E-state index contributed by atoms with van der Waals surface area (Å²) in [5.74, 6) is -0.349. The molecule has 0 atom stereocenters. The molecule has 1 saturated heterocycles. The number of rotatable bonds is 12. The van der Waals surface area contributed by atoms with Crippen molar-refractivity contribution in [1.82, 2.24) is 19.7 Å². The van der Waals surface area contributed by atoms with Gasteiger partial charge in [0, 0.05) is 57.4 Å². The first-order chi connectivity index (χ1) is 23.2. The van der Waals surface area contributed by atoms with Crippen molar-refractivity contribution in [3.05, 3.63) is 60.0 Å². The summed E-state index contributed by atoms with van der Waals surface area (Å²) in [6.07, 6.45) is 1.33. The maximum Gasteiger partial charge on any atom is 0.410 e. The van der Waals surface area contributed by atoms with Crippen molar-refractivity contribution in [3.8, 4) is 28.3 Å². The van der Waals surface area contributed by atoms with Crippen LogP contribution >= 0.6 is 0 Å². The third-order valence-corrected chi connectivity index (χ3v) is 9.92. The van der Waals surface area contributed by atoms with E-state index in [-0.39, 0.29) is 38.4 Å². The van der Waals surface area contributed by atoms with E-state index >= 15 is 4.39 Å². The molecule has 2 N–H and O–H groups in total. The molecule has 13 heteroatoms. The number of halogens is 1. The number of piperazine rings is 1. The van der Waals surface area contributed by atoms with Crippen molar-refractivity contribution in [3.63, 3.8) is 0 Å². The Kier molecular flexibility index (Phi) is 11.3. The number of aromatic hydroxyl groups is 1. The lowest BCUT2D eigenvalue weighted by molar-refractivity contribution is 0.0240. The van der Waals surface area contributed by atoms with Gasteiger partial charge >= 0.3 is 6.09 Å². The number of ether oxygens (including phenoxy) is 3. The molecule has 0 radical (unpaired) electrons. The normalized spacial score (nSPS) is 14.1. The monoisotopic (exact) mass is 693 g/mol. The molecule has 49 heavy (non-hydrogen) atoms. The van der Waals surface area contributed by atoms with Crippen LogP contribution in [0.4, 0.5) is 14.9 Å². The zero-order chi connectivity index (χ0) is 35.3. The van der Waals surface area contributed by atoms with E-state index < -0.39 is 19.5 Å². The summed E-state index contributed by atoms with van der Waals surface area (Å²) >= 11 is 0. The number of nitrogens with zero attached hydrogens (tertiary/aromatic N) is 5. The SMILES string of the molecule is CC(C)(C)OC(=O)N1CCN(c2ccc(-c3nn(COCC[Si](C)(C)C)c4cnc(-c5c(F)cccc5COCCO)cc34)cc2O)CC1. The highest BCUT2D eigenvalue weighted by atomic mass is 28.3. The molecule has 0 saturated carbocycles. The summed E-state index contributed by atoms with van der Waals surface area (Å²) < 4.78 is 34.2. The van der Waals surface area contributed by atoms with Gasteiger partial charge in [-0.3, -0.25) is 4.98 Å². The molecule has 4 aromatic rings. The minimum absolute atomic E-state index is 0.0870. The first-order valence-corrected chi connectivity index (χ1v) is 20.4. The number of carbonyl (C=O) groups is 1. The second-order valence-electron chi connectivity index (χ2n) is 14.5. The number of amides is 1. The molecule has 0 bridgehead atoms. The Balaban J connectivity index is 1.46. The molecule has 0 aliphatic carbocycles. The van der Waals surface area contributed by atoms with Crippen molar-refractivity contribution in [2.75, 3.05) is 50.9 Å². The average molecular weight is 694 g/mol. The smallest absolute Gasteiger partial charge is 0.410 e. The summed E-state index contributed by atoms with van der Waals surface area (Å²) in [6, 6.07) is 13.1. The number of aliphatic hydroxyl groups excluding tert-OH is 1. The van der Waals surface area contributed by atoms with E-state index in [9.17, 15) is 9.90 Å². The van der Waals surface area contributed by atoms with Gasteiger partial charge in [-0.05, 0) is 56.6 Å². The van der Waals surface area contributed by atoms with Gasteiger partial charge in [-0.1, -0.05) is 37.8 Å². The number of hydrogen-bond donors (Lipinski definition) is 2. The van der Waals surface area contributed by atoms with Gasteiger partial charge in [0.05, 0.1) is 42.9 Å². The highest BCUT2D eigenvalue weighted by Crippen LogP contribution is 2.37. The van der Waals surface area contributed by atoms with Gasteiger partial charge in [-0.25, -0.2) is 13.9 Å². The molecule has 1 aliphatic heterocycles. The topological polar surface area (TPSA) is 122 Å². The molecule has 3 heterocycles. The van der Waals surface area contributed by atoms with Crippen molar-refractivity contribution in [2.24, 2.45) is 0 Å². The van der Waals surface area contributed by atoms with Crippen molar-refractivity contribution >= 4 is 30.8 Å². The maximum atomic E-state index is 15.3. The minimum Gasteiger partial charge on any atom is -0.506 e. The zero-order valence-electron chi connectivity index (χ0n) is 29.3. The van der Waals surface area contributed by atoms with Crippen LogP contribution in [0.5, 0.6) is 5.75 Å². The number of hydrogen-bond acceptors (Lipinski definition) is 9. The number of benzene rings is 2. The van der Waals surface area contributed by atoms with Gasteiger partial charge in [0.2, 0.25) is 0 Å². The number of anilines is 1. The first kappa shape index (κ1) is 36.2. The lowest BCUT2D eigenvalue weighted by Gasteiger charge is -2.37. The number of phenols is 1. The highest BCUT2D eigenvalue weighted by molar-refractivity contribution is 6.76. The second-order valence-corrected chi connectivity index (χ2v) is 20.1. The Bertz CT molecular complexity index is 1760. The first-order valence-electron chi connectivity index (χ1n) is 16.7. The molecule has 1 fully saturated rings. The van der Waals surface area contributed by atoms with Crippen LogP contribution in [0.3, 0.4) is 0 Å². The van der Waals surface area contributed by atoms with E-state index in [0.717, 1.165) is 11.4 Å². The summed E-state index contributed by atoms with van der Waals surface area (Å²) in [7, 11) is -1.29. The Hall–Kier alpha value is -4.04. The summed E-state index contributed by atoms with van der Waals surface area (Å²) in [6.45, 7) is 15.4. The number of phenolic OH excluding ortho intramolecular Hbond substituents is 1. The Morgan fingerprint density at radius 1 is 1.02 bits per heavy atom. The largest absolute Gasteiger partial charge is 0.506 e. The number of aromatic nitrogens is 3. The summed E-state index contributed by atoms with van der Waals surface area (Å²) in [5, 5.41) is 26.1. The maximum absolute atomic E-state index is 15.3. The average Bonchev–Trinajstić information content (AvgIpc) is 3.40. The van der Waals surface area contributed by atoms with Crippen LogP contribution in [0.2, 0.25) is 25.7 Å². The van der Waals surface area contributed by atoms with Crippen molar-refractivity contribution in [2.45, 2.75) is 65.4 Å². The molecule has 2 aromatic heterocycles. The predicted octanol–water partition coefficient (Wildman–Crippen LogP) is 6.49. The Morgan fingerprint density at radius 2 is 1.78 bits per heavy atom. The fourth-order valence-electron chi connectivity index (χ4n) is 5.67. The minimum atomic E-state index is -1.29. The fourth-order valence-corrected chi connectivity index (χ4v) is 6.42. The van der Waals surface area contributed by atoms with E-state index in [0.29, 0.717) is 72.1 Å². The van der Waals surface area contributed by atoms with Crippen molar-refractivity contribution in [1.29, 1.82) is 0 Å². The highest BCUT2D eigenvalue weighted by Gasteiger charge is 2.27.